The van der Waals surface area contributed by atoms with Gasteiger partial charge in [-0.3, -0.25) is 0 Å². The molecule has 2 aromatic rings. The third kappa shape index (κ3) is 5.29. The highest BCUT2D eigenvalue weighted by Crippen LogP contribution is 2.22. The van der Waals surface area contributed by atoms with Crippen LogP contribution < -0.4 is 5.32 Å². The van der Waals surface area contributed by atoms with Gasteiger partial charge >= 0.3 is 6.03 Å². The summed E-state index contributed by atoms with van der Waals surface area (Å²) in [7, 11) is -0.603. The summed E-state index contributed by atoms with van der Waals surface area (Å²) in [5.41, 5.74) is 1.12. The van der Waals surface area contributed by atoms with Gasteiger partial charge in [0.1, 0.15) is 5.75 Å². The number of phenolic OH excluding ortho intramolecular Hbond substituents is 1. The molecule has 162 valence electrons. The van der Waals surface area contributed by atoms with Crippen molar-refractivity contribution in [1.29, 1.82) is 0 Å². The maximum absolute atomic E-state index is 13.0. The van der Waals surface area contributed by atoms with Crippen LogP contribution in [0.3, 0.4) is 0 Å². The lowest BCUT2D eigenvalue weighted by Gasteiger charge is -2.26. The Kier molecular flexibility index (Phi) is 6.96. The molecule has 0 unspecified atom stereocenters. The van der Waals surface area contributed by atoms with Crippen molar-refractivity contribution in [2.24, 2.45) is 0 Å². The molecule has 1 fully saturated rings. The fraction of sp³-hybridized carbons (Fsp3) is 0.381. The third-order valence-corrected chi connectivity index (χ3v) is 6.80. The average Bonchev–Trinajstić information content (AvgIpc) is 3.22. The summed E-state index contributed by atoms with van der Waals surface area (Å²) in [6.07, 6.45) is 1.79. The molecule has 1 aliphatic heterocycles. The van der Waals surface area contributed by atoms with Gasteiger partial charge in [-0.1, -0.05) is 18.2 Å². The number of anilines is 1. The molecular weight excluding hydrogens is 406 g/mol. The van der Waals surface area contributed by atoms with E-state index in [-0.39, 0.29) is 29.3 Å². The van der Waals surface area contributed by atoms with Crippen molar-refractivity contribution < 1.29 is 23.1 Å². The number of hydrogen-bond donors (Lipinski definition) is 2. The fourth-order valence-electron chi connectivity index (χ4n) is 3.23. The van der Waals surface area contributed by atoms with E-state index in [2.05, 4.69) is 5.32 Å². The van der Waals surface area contributed by atoms with Crippen molar-refractivity contribution in [3.05, 3.63) is 54.1 Å². The van der Waals surface area contributed by atoms with Crippen LogP contribution >= 0.6 is 0 Å². The van der Waals surface area contributed by atoms with Gasteiger partial charge in [-0.25, -0.2) is 17.5 Å². The second-order valence-electron chi connectivity index (χ2n) is 7.39. The van der Waals surface area contributed by atoms with Crippen molar-refractivity contribution >= 4 is 21.7 Å². The van der Waals surface area contributed by atoms with Gasteiger partial charge in [0.05, 0.1) is 17.5 Å². The molecule has 0 radical (unpaired) electrons. The molecule has 0 bridgehead atoms. The third-order valence-electron chi connectivity index (χ3n) is 4.97. The van der Waals surface area contributed by atoms with Crippen molar-refractivity contribution in [2.45, 2.75) is 30.4 Å². The minimum absolute atomic E-state index is 0.0470. The van der Waals surface area contributed by atoms with E-state index in [0.29, 0.717) is 24.4 Å². The van der Waals surface area contributed by atoms with Gasteiger partial charge in [0, 0.05) is 38.5 Å². The molecule has 0 spiro atoms. The Bertz CT molecular complexity index is 970. The normalized spacial score (nSPS) is 16.6. The first-order valence-corrected chi connectivity index (χ1v) is 11.2. The van der Waals surface area contributed by atoms with Gasteiger partial charge < -0.3 is 20.1 Å². The number of nitrogens with one attached hydrogen (secondary N) is 1. The largest absolute Gasteiger partial charge is 0.508 e. The second-order valence-corrected chi connectivity index (χ2v) is 9.54. The molecule has 1 atom stereocenters. The molecule has 0 aliphatic carbocycles. The zero-order chi connectivity index (χ0) is 21.7. The molecule has 9 heteroatoms. The number of ether oxygens (including phenoxy) is 1. The van der Waals surface area contributed by atoms with E-state index in [9.17, 15) is 18.3 Å². The standard InChI is InChI=1S/C21H27N3O5S/c1-23(2)30(27,28)19-11-9-17(10-12-19)22-21(26)24(15-18-7-5-13-29-18)14-16-6-3-4-8-20(16)25/h3-4,6,8-12,18,25H,5,7,13-15H2,1-2H3,(H,22,26)/t18-/m0/s1. The van der Waals surface area contributed by atoms with Gasteiger partial charge in [-0.2, -0.15) is 0 Å². The number of nitrogens with zero attached hydrogens (tertiary/aromatic N) is 2. The number of sulfonamides is 1. The number of carbonyl (C=O) groups is 1. The SMILES string of the molecule is CN(C)S(=O)(=O)c1ccc(NC(=O)N(Cc2ccccc2O)C[C@@H]2CCCO2)cc1. The molecule has 2 aromatic carbocycles. The molecule has 2 amide bonds. The van der Waals surface area contributed by atoms with Crippen molar-refractivity contribution in [3.8, 4) is 5.75 Å². The number of para-hydroxylation sites is 1. The minimum atomic E-state index is -3.53. The predicted octanol–water partition coefficient (Wildman–Crippen LogP) is 2.86. The molecule has 1 heterocycles. The molecule has 2 N–H and O–H groups in total. The topological polar surface area (TPSA) is 99.2 Å². The smallest absolute Gasteiger partial charge is 0.322 e. The first-order chi connectivity index (χ1) is 14.3. The highest BCUT2D eigenvalue weighted by molar-refractivity contribution is 7.89. The van der Waals surface area contributed by atoms with E-state index < -0.39 is 10.0 Å². The predicted molar refractivity (Wildman–Crippen MR) is 114 cm³/mol. The number of benzene rings is 2. The number of carbonyl (C=O) groups excluding carboxylic acids is 1. The van der Waals surface area contributed by atoms with Crippen molar-refractivity contribution in [2.75, 3.05) is 32.6 Å². The quantitative estimate of drug-likeness (QED) is 0.700. The number of amides is 2. The Balaban J connectivity index is 1.74. The average molecular weight is 434 g/mol. The molecular formula is C21H27N3O5S. The maximum Gasteiger partial charge on any atom is 0.322 e. The first-order valence-electron chi connectivity index (χ1n) is 9.74. The van der Waals surface area contributed by atoms with Gasteiger partial charge in [0.25, 0.3) is 0 Å². The Labute approximate surface area is 177 Å². The summed E-state index contributed by atoms with van der Waals surface area (Å²) in [5, 5.41) is 12.9. The second kappa shape index (κ2) is 9.46. The minimum Gasteiger partial charge on any atom is -0.508 e. The summed E-state index contributed by atoms with van der Waals surface area (Å²) in [6, 6.07) is 12.6. The van der Waals surface area contributed by atoms with E-state index >= 15 is 0 Å². The van der Waals surface area contributed by atoms with Crippen molar-refractivity contribution in [3.63, 3.8) is 0 Å². The van der Waals surface area contributed by atoms with Crippen LogP contribution in [0.5, 0.6) is 5.75 Å². The van der Waals surface area contributed by atoms with Crippen LogP contribution in [0.4, 0.5) is 10.5 Å². The molecule has 1 saturated heterocycles. The number of hydrogen-bond acceptors (Lipinski definition) is 5. The number of urea groups is 1. The van der Waals surface area contributed by atoms with Gasteiger partial charge in [0.15, 0.2) is 0 Å². The summed E-state index contributed by atoms with van der Waals surface area (Å²) in [4.78, 5) is 14.7. The van der Waals surface area contributed by atoms with Crippen LogP contribution in [0.25, 0.3) is 0 Å². The number of phenols is 1. The summed E-state index contributed by atoms with van der Waals surface area (Å²) in [6.45, 7) is 1.30. The van der Waals surface area contributed by atoms with Crippen molar-refractivity contribution in [1.82, 2.24) is 9.21 Å². The Morgan fingerprint density at radius 2 is 1.87 bits per heavy atom. The lowest BCUT2D eigenvalue weighted by molar-refractivity contribution is 0.0817. The first kappa shape index (κ1) is 22.1. The molecule has 0 aromatic heterocycles. The zero-order valence-electron chi connectivity index (χ0n) is 17.1. The highest BCUT2D eigenvalue weighted by atomic mass is 32.2. The van der Waals surface area contributed by atoms with Crippen LogP contribution in [-0.2, 0) is 21.3 Å². The molecule has 0 saturated carbocycles. The Morgan fingerprint density at radius 1 is 1.17 bits per heavy atom. The van der Waals surface area contributed by atoms with Crippen LogP contribution in [0, 0.1) is 0 Å². The molecule has 30 heavy (non-hydrogen) atoms. The Hall–Kier alpha value is -2.62. The molecule has 8 nitrogen and oxygen atoms in total. The summed E-state index contributed by atoms with van der Waals surface area (Å²) < 4.78 is 31.2. The summed E-state index contributed by atoms with van der Waals surface area (Å²) in [5.74, 6) is 0.126. The van der Waals surface area contributed by atoms with Gasteiger partial charge in [0.2, 0.25) is 10.0 Å². The lowest BCUT2D eigenvalue weighted by atomic mass is 10.1. The van der Waals surface area contributed by atoms with E-state index in [1.807, 2.05) is 0 Å². The van der Waals surface area contributed by atoms with Crippen LogP contribution in [0.15, 0.2) is 53.4 Å². The fourth-order valence-corrected chi connectivity index (χ4v) is 4.13. The monoisotopic (exact) mass is 433 g/mol. The van der Waals surface area contributed by atoms with Gasteiger partial charge in [-0.05, 0) is 43.2 Å². The highest BCUT2D eigenvalue weighted by Gasteiger charge is 2.24. The van der Waals surface area contributed by atoms with Crippen LogP contribution in [-0.4, -0.2) is 62.1 Å². The Morgan fingerprint density at radius 3 is 2.47 bits per heavy atom. The molecule has 1 aliphatic rings. The summed E-state index contributed by atoms with van der Waals surface area (Å²) >= 11 is 0. The number of rotatable bonds is 7. The lowest BCUT2D eigenvalue weighted by Crippen LogP contribution is -2.39. The zero-order valence-corrected chi connectivity index (χ0v) is 17.9. The van der Waals surface area contributed by atoms with E-state index in [4.69, 9.17) is 4.74 Å². The van der Waals surface area contributed by atoms with E-state index in [1.54, 1.807) is 41.3 Å². The van der Waals surface area contributed by atoms with Crippen LogP contribution in [0.2, 0.25) is 0 Å². The molecule has 3 rings (SSSR count). The van der Waals surface area contributed by atoms with E-state index in [0.717, 1.165) is 17.1 Å². The number of aromatic hydroxyl groups is 1. The van der Waals surface area contributed by atoms with Gasteiger partial charge in [-0.15, -0.1) is 0 Å². The van der Waals surface area contributed by atoms with E-state index in [1.165, 1.54) is 26.2 Å². The maximum atomic E-state index is 13.0. The van der Waals surface area contributed by atoms with Crippen LogP contribution in [0.1, 0.15) is 18.4 Å².